The van der Waals surface area contributed by atoms with Gasteiger partial charge in [0, 0.05) is 13.0 Å². The van der Waals surface area contributed by atoms with Crippen LogP contribution in [0.15, 0.2) is 0 Å². The molecule has 6 N–H and O–H groups in total. The number of carbonyl (C=O) groups excluding carboxylic acids is 1. The minimum absolute atomic E-state index is 0.0694. The van der Waals surface area contributed by atoms with Crippen molar-refractivity contribution >= 4 is 13.8 Å². The lowest BCUT2D eigenvalue weighted by Crippen LogP contribution is -2.64. The molecule has 13 heteroatoms. The van der Waals surface area contributed by atoms with Crippen LogP contribution in [0.25, 0.3) is 0 Å². The second-order valence-electron chi connectivity index (χ2n) is 14.1. The Bertz CT molecular complexity index is 848. The summed E-state index contributed by atoms with van der Waals surface area (Å²) >= 11 is 0. The maximum Gasteiger partial charge on any atom is 0.472 e. The number of phosphoric ester groups is 1. The molecule has 12 nitrogen and oxygen atoms in total. The van der Waals surface area contributed by atoms with Gasteiger partial charge < -0.3 is 39.9 Å². The van der Waals surface area contributed by atoms with Crippen molar-refractivity contribution in [3.05, 3.63) is 0 Å². The van der Waals surface area contributed by atoms with Gasteiger partial charge in [-0.3, -0.25) is 13.8 Å². The van der Waals surface area contributed by atoms with E-state index in [2.05, 4.69) is 13.8 Å². The topological polar surface area (TPSA) is 192 Å². The summed E-state index contributed by atoms with van der Waals surface area (Å²) in [5, 5.41) is 49.9. The minimum Gasteiger partial charge on any atom is -0.457 e. The van der Waals surface area contributed by atoms with Gasteiger partial charge in [-0.25, -0.2) is 4.57 Å². The Hall–Kier alpha value is -0.660. The third-order valence-electron chi connectivity index (χ3n) is 9.48. The molecular formula is C37H73O12P. The average molecular weight is 741 g/mol. The van der Waals surface area contributed by atoms with Gasteiger partial charge in [-0.05, 0) is 12.8 Å². The molecule has 1 aliphatic rings. The summed E-state index contributed by atoms with van der Waals surface area (Å²) in [5.41, 5.74) is 0. The van der Waals surface area contributed by atoms with E-state index in [4.69, 9.17) is 18.5 Å². The molecule has 50 heavy (non-hydrogen) atoms. The first kappa shape index (κ1) is 47.4. The van der Waals surface area contributed by atoms with E-state index in [9.17, 15) is 39.8 Å². The molecule has 1 aliphatic carbocycles. The fourth-order valence-electron chi connectivity index (χ4n) is 6.24. The van der Waals surface area contributed by atoms with Gasteiger partial charge in [0.2, 0.25) is 0 Å². The summed E-state index contributed by atoms with van der Waals surface area (Å²) in [6, 6.07) is 0. The Morgan fingerprint density at radius 1 is 0.560 bits per heavy atom. The zero-order valence-electron chi connectivity index (χ0n) is 31.2. The summed E-state index contributed by atoms with van der Waals surface area (Å²) in [6.45, 7) is 4.24. The number of unbranched alkanes of at least 4 members (excludes halogenated alkanes) is 21. The van der Waals surface area contributed by atoms with E-state index in [-0.39, 0.29) is 13.0 Å². The van der Waals surface area contributed by atoms with Crippen LogP contribution in [0.2, 0.25) is 0 Å². The highest BCUT2D eigenvalue weighted by Gasteiger charge is 2.51. The van der Waals surface area contributed by atoms with Crippen molar-refractivity contribution in [1.82, 2.24) is 0 Å². The number of aliphatic hydroxyl groups is 5. The Labute approximate surface area is 302 Å². The van der Waals surface area contributed by atoms with Gasteiger partial charge in [0.1, 0.15) is 42.7 Å². The number of phosphoric acid groups is 1. The molecule has 0 aromatic rings. The summed E-state index contributed by atoms with van der Waals surface area (Å²) in [7, 11) is -5.00. The highest BCUT2D eigenvalue weighted by molar-refractivity contribution is 7.47. The molecule has 6 unspecified atom stereocenters. The van der Waals surface area contributed by atoms with Gasteiger partial charge in [-0.15, -0.1) is 0 Å². The molecule has 0 spiro atoms. The van der Waals surface area contributed by atoms with Crippen molar-refractivity contribution in [3.63, 3.8) is 0 Å². The van der Waals surface area contributed by atoms with Crippen molar-refractivity contribution < 1.29 is 58.3 Å². The zero-order valence-corrected chi connectivity index (χ0v) is 32.1. The van der Waals surface area contributed by atoms with Gasteiger partial charge >= 0.3 is 13.8 Å². The smallest absolute Gasteiger partial charge is 0.457 e. The molecule has 0 aromatic carbocycles. The molecule has 0 radical (unpaired) electrons. The first-order valence-corrected chi connectivity index (χ1v) is 21.4. The lowest BCUT2D eigenvalue weighted by molar-refractivity contribution is -0.220. The van der Waals surface area contributed by atoms with E-state index in [1.165, 1.54) is 103 Å². The SMILES string of the molecule is CCCCCCCCCCCCCCCC(=O)OC(COCCCCCCCCCCCC)COP(=O)(O)OC1C(O)C(O)C(O)C(O)C1O. The Balaban J connectivity index is 2.46. The van der Waals surface area contributed by atoms with E-state index < -0.39 is 63.1 Å². The number of esters is 1. The van der Waals surface area contributed by atoms with Crippen LogP contribution in [0, 0.1) is 0 Å². The number of carbonyl (C=O) groups is 1. The zero-order chi connectivity index (χ0) is 37.0. The molecular weight excluding hydrogens is 667 g/mol. The van der Waals surface area contributed by atoms with Crippen LogP contribution in [0.3, 0.4) is 0 Å². The molecule has 298 valence electrons. The van der Waals surface area contributed by atoms with Crippen LogP contribution >= 0.6 is 7.82 Å². The Morgan fingerprint density at radius 2 is 0.940 bits per heavy atom. The van der Waals surface area contributed by atoms with E-state index >= 15 is 0 Å². The van der Waals surface area contributed by atoms with Gasteiger partial charge in [0.15, 0.2) is 0 Å². The van der Waals surface area contributed by atoms with Crippen molar-refractivity contribution in [2.45, 2.75) is 211 Å². The van der Waals surface area contributed by atoms with Gasteiger partial charge in [-0.2, -0.15) is 0 Å². The molecule has 1 saturated carbocycles. The molecule has 1 fully saturated rings. The maximum atomic E-state index is 12.7. The fraction of sp³-hybridized carbons (Fsp3) is 0.973. The Morgan fingerprint density at radius 3 is 1.38 bits per heavy atom. The highest BCUT2D eigenvalue weighted by Crippen LogP contribution is 2.47. The third kappa shape index (κ3) is 22.4. The number of aliphatic hydroxyl groups excluding tert-OH is 5. The first-order chi connectivity index (χ1) is 24.0. The number of rotatable bonds is 33. The first-order valence-electron chi connectivity index (χ1n) is 19.9. The molecule has 1 rings (SSSR count). The maximum absolute atomic E-state index is 12.7. The van der Waals surface area contributed by atoms with Crippen LogP contribution in [-0.2, 0) is 27.9 Å². The van der Waals surface area contributed by atoms with E-state index in [0.717, 1.165) is 38.5 Å². The third-order valence-corrected chi connectivity index (χ3v) is 10.5. The van der Waals surface area contributed by atoms with Crippen molar-refractivity contribution in [2.24, 2.45) is 0 Å². The summed E-state index contributed by atoms with van der Waals surface area (Å²) < 4.78 is 34.0. The van der Waals surface area contributed by atoms with Crippen molar-refractivity contribution in [2.75, 3.05) is 19.8 Å². The van der Waals surface area contributed by atoms with Crippen LogP contribution in [-0.4, -0.2) is 98.9 Å². The molecule has 6 atom stereocenters. The lowest BCUT2D eigenvalue weighted by atomic mass is 9.85. The molecule has 0 heterocycles. The number of hydrogen-bond acceptors (Lipinski definition) is 11. The summed E-state index contributed by atoms with van der Waals surface area (Å²) in [5.74, 6) is -0.476. The van der Waals surface area contributed by atoms with Crippen LogP contribution in [0.5, 0.6) is 0 Å². The minimum atomic E-state index is -5.00. The fourth-order valence-corrected chi connectivity index (χ4v) is 7.21. The quantitative estimate of drug-likeness (QED) is 0.0239. The monoisotopic (exact) mass is 740 g/mol. The van der Waals surface area contributed by atoms with Gasteiger partial charge in [0.25, 0.3) is 0 Å². The van der Waals surface area contributed by atoms with Gasteiger partial charge in [-0.1, -0.05) is 149 Å². The normalized spacial score (nSPS) is 24.2. The standard InChI is InChI=1S/C37H73O12P/c1-3-5-7-9-11-13-15-16-17-18-20-22-24-26-31(38)48-30(28-46-27-25-23-21-19-14-12-10-8-6-4-2)29-47-50(44,45)49-37-35(42)33(40)32(39)34(41)36(37)43/h30,32-37,39-43H,3-29H2,1-2H3,(H,44,45). The largest absolute Gasteiger partial charge is 0.472 e. The number of hydrogen-bond donors (Lipinski definition) is 6. The van der Waals surface area contributed by atoms with E-state index in [1.807, 2.05) is 0 Å². The Kier molecular flexibility index (Phi) is 28.2. The highest BCUT2D eigenvalue weighted by atomic mass is 31.2. The number of ether oxygens (including phenoxy) is 2. The van der Waals surface area contributed by atoms with E-state index in [0.29, 0.717) is 13.0 Å². The predicted octanol–water partition coefficient (Wildman–Crippen LogP) is 6.64. The van der Waals surface area contributed by atoms with Crippen LogP contribution in [0.4, 0.5) is 0 Å². The molecule has 0 aliphatic heterocycles. The predicted molar refractivity (Wildman–Crippen MR) is 194 cm³/mol. The van der Waals surface area contributed by atoms with E-state index in [1.54, 1.807) is 0 Å². The average Bonchev–Trinajstić information content (AvgIpc) is 3.09. The van der Waals surface area contributed by atoms with Gasteiger partial charge in [0.05, 0.1) is 13.2 Å². The van der Waals surface area contributed by atoms with Crippen LogP contribution < -0.4 is 0 Å². The molecule has 0 amide bonds. The van der Waals surface area contributed by atoms with Crippen LogP contribution in [0.1, 0.15) is 168 Å². The van der Waals surface area contributed by atoms with Crippen molar-refractivity contribution in [1.29, 1.82) is 0 Å². The summed E-state index contributed by atoms with van der Waals surface area (Å²) in [4.78, 5) is 23.0. The molecule has 0 saturated heterocycles. The lowest BCUT2D eigenvalue weighted by Gasteiger charge is -2.41. The molecule has 0 aromatic heterocycles. The summed E-state index contributed by atoms with van der Waals surface area (Å²) in [6.07, 6.45) is 14.7. The second-order valence-corrected chi connectivity index (χ2v) is 15.6. The second kappa shape index (κ2) is 29.8. The van der Waals surface area contributed by atoms with Crippen molar-refractivity contribution in [3.8, 4) is 0 Å². The molecule has 0 bridgehead atoms.